The first-order valence-corrected chi connectivity index (χ1v) is 9.57. The minimum absolute atomic E-state index is 0.315. The molecule has 0 amide bonds. The Bertz CT molecular complexity index is 520. The van der Waals surface area contributed by atoms with E-state index in [1.807, 2.05) is 18.2 Å². The van der Waals surface area contributed by atoms with Crippen molar-refractivity contribution in [3.8, 4) is 0 Å². The predicted molar refractivity (Wildman–Crippen MR) is 97.1 cm³/mol. The van der Waals surface area contributed by atoms with Gasteiger partial charge in [0.2, 0.25) is 0 Å². The zero-order chi connectivity index (χ0) is 16.7. The van der Waals surface area contributed by atoms with Crippen molar-refractivity contribution < 1.29 is 5.11 Å². The second kappa shape index (κ2) is 6.24. The number of hydrogen-bond donors (Lipinski definition) is 1. The highest BCUT2D eigenvalue weighted by Gasteiger charge is 2.53. The molecule has 1 aromatic rings. The van der Waals surface area contributed by atoms with E-state index in [1.165, 1.54) is 32.1 Å². The van der Waals surface area contributed by atoms with Gasteiger partial charge in [0.15, 0.2) is 0 Å². The van der Waals surface area contributed by atoms with Gasteiger partial charge in [-0.3, -0.25) is 0 Å². The summed E-state index contributed by atoms with van der Waals surface area (Å²) in [6.45, 7) is 9.92. The lowest BCUT2D eigenvalue weighted by atomic mass is 9.46. The lowest BCUT2D eigenvalue weighted by Crippen LogP contribution is -2.51. The topological polar surface area (TPSA) is 20.2 Å². The van der Waals surface area contributed by atoms with Crippen LogP contribution in [0.15, 0.2) is 30.3 Å². The molecule has 2 aliphatic rings. The quantitative estimate of drug-likeness (QED) is 0.726. The highest BCUT2D eigenvalue weighted by molar-refractivity contribution is 5.18. The monoisotopic (exact) mass is 314 g/mol. The van der Waals surface area contributed by atoms with Gasteiger partial charge >= 0.3 is 0 Å². The van der Waals surface area contributed by atoms with Crippen molar-refractivity contribution in [2.45, 2.75) is 72.3 Å². The van der Waals surface area contributed by atoms with Crippen molar-refractivity contribution in [1.29, 1.82) is 0 Å². The molecule has 128 valence electrons. The summed E-state index contributed by atoms with van der Waals surface area (Å²) in [5, 5.41) is 10.8. The molecule has 0 saturated heterocycles. The van der Waals surface area contributed by atoms with E-state index in [9.17, 15) is 5.11 Å². The van der Waals surface area contributed by atoms with Gasteiger partial charge in [0.05, 0.1) is 6.10 Å². The lowest BCUT2D eigenvalue weighted by Gasteiger charge is -2.59. The van der Waals surface area contributed by atoms with E-state index >= 15 is 0 Å². The molecule has 1 N–H and O–H groups in total. The van der Waals surface area contributed by atoms with Crippen LogP contribution in [0.2, 0.25) is 0 Å². The van der Waals surface area contributed by atoms with Gasteiger partial charge in [0.25, 0.3) is 0 Å². The average molecular weight is 315 g/mol. The van der Waals surface area contributed by atoms with Crippen LogP contribution in [0, 0.1) is 28.6 Å². The molecule has 2 aliphatic carbocycles. The van der Waals surface area contributed by atoms with Crippen LogP contribution in [0.5, 0.6) is 0 Å². The Labute approximate surface area is 142 Å². The summed E-state index contributed by atoms with van der Waals surface area (Å²) in [5.41, 5.74) is 1.94. The van der Waals surface area contributed by atoms with Gasteiger partial charge in [0.1, 0.15) is 0 Å². The highest BCUT2D eigenvalue weighted by Crippen LogP contribution is 2.62. The molecule has 0 heterocycles. The van der Waals surface area contributed by atoms with Crippen LogP contribution in [0.3, 0.4) is 0 Å². The number of benzene rings is 1. The van der Waals surface area contributed by atoms with E-state index in [1.54, 1.807) is 0 Å². The van der Waals surface area contributed by atoms with Crippen LogP contribution < -0.4 is 0 Å². The summed E-state index contributed by atoms with van der Waals surface area (Å²) in [5.74, 6) is 2.17. The standard InChI is InChI=1S/C22H34O/c1-16-11-12-20-21(2,3)13-8-14-22(20,4)18(16)15-19(23)17-9-6-5-7-10-17/h5-7,9-10,16,18-20,23H,8,11-15H2,1-4H3/t16-,18-,19?,20-,22+/m0/s1. The third-order valence-electron chi connectivity index (χ3n) is 7.38. The molecular formula is C22H34O. The first kappa shape index (κ1) is 17.0. The fourth-order valence-electron chi connectivity index (χ4n) is 6.16. The fraction of sp³-hybridized carbons (Fsp3) is 0.727. The van der Waals surface area contributed by atoms with Crippen LogP contribution in [0.1, 0.15) is 77.9 Å². The molecule has 3 rings (SSSR count). The van der Waals surface area contributed by atoms with E-state index in [0.29, 0.717) is 16.7 Å². The van der Waals surface area contributed by atoms with Gasteiger partial charge in [-0.2, -0.15) is 0 Å². The molecule has 0 spiro atoms. The van der Waals surface area contributed by atoms with E-state index in [-0.39, 0.29) is 6.10 Å². The van der Waals surface area contributed by atoms with Gasteiger partial charge in [0, 0.05) is 0 Å². The van der Waals surface area contributed by atoms with Crippen molar-refractivity contribution in [3.63, 3.8) is 0 Å². The zero-order valence-corrected chi connectivity index (χ0v) is 15.4. The maximum absolute atomic E-state index is 10.8. The number of hydrogen-bond acceptors (Lipinski definition) is 1. The molecule has 2 fully saturated rings. The molecule has 1 heteroatoms. The molecule has 1 nitrogen and oxygen atoms in total. The average Bonchev–Trinajstić information content (AvgIpc) is 2.51. The molecule has 23 heavy (non-hydrogen) atoms. The Hall–Kier alpha value is -0.820. The Kier molecular flexibility index (Phi) is 4.62. The van der Waals surface area contributed by atoms with Gasteiger partial charge < -0.3 is 5.11 Å². The third-order valence-corrected chi connectivity index (χ3v) is 7.38. The second-order valence-electron chi connectivity index (χ2n) is 9.22. The van der Waals surface area contributed by atoms with Crippen molar-refractivity contribution in [1.82, 2.24) is 0 Å². The summed E-state index contributed by atoms with van der Waals surface area (Å²) >= 11 is 0. The number of aliphatic hydroxyl groups excluding tert-OH is 1. The van der Waals surface area contributed by atoms with Gasteiger partial charge in [-0.1, -0.05) is 70.9 Å². The van der Waals surface area contributed by atoms with E-state index in [2.05, 4.69) is 39.8 Å². The van der Waals surface area contributed by atoms with Crippen molar-refractivity contribution in [2.24, 2.45) is 28.6 Å². The summed E-state index contributed by atoms with van der Waals surface area (Å²) in [6, 6.07) is 10.3. The molecule has 1 aromatic carbocycles. The minimum atomic E-state index is -0.315. The van der Waals surface area contributed by atoms with Crippen molar-refractivity contribution in [2.75, 3.05) is 0 Å². The minimum Gasteiger partial charge on any atom is -0.388 e. The molecule has 0 aromatic heterocycles. The maximum Gasteiger partial charge on any atom is 0.0793 e. The van der Waals surface area contributed by atoms with Crippen LogP contribution in [-0.2, 0) is 0 Å². The zero-order valence-electron chi connectivity index (χ0n) is 15.4. The molecule has 0 radical (unpaired) electrons. The van der Waals surface area contributed by atoms with Gasteiger partial charge in [-0.05, 0) is 59.8 Å². The van der Waals surface area contributed by atoms with E-state index < -0.39 is 0 Å². The summed E-state index contributed by atoms with van der Waals surface area (Å²) < 4.78 is 0. The number of fused-ring (bicyclic) bond motifs is 1. The SMILES string of the molecule is C[C@H]1CC[C@H]2C(C)(C)CCC[C@]2(C)[C@H]1CC(O)c1ccccc1. The number of rotatable bonds is 3. The summed E-state index contributed by atoms with van der Waals surface area (Å²) in [7, 11) is 0. The van der Waals surface area contributed by atoms with Crippen LogP contribution >= 0.6 is 0 Å². The summed E-state index contributed by atoms with van der Waals surface area (Å²) in [6.07, 6.45) is 7.38. The largest absolute Gasteiger partial charge is 0.388 e. The smallest absolute Gasteiger partial charge is 0.0793 e. The third kappa shape index (κ3) is 3.09. The fourth-order valence-corrected chi connectivity index (χ4v) is 6.16. The normalized spacial score (nSPS) is 37.9. The molecule has 1 unspecified atom stereocenters. The molecule has 5 atom stereocenters. The Balaban J connectivity index is 1.84. The maximum atomic E-state index is 10.8. The van der Waals surface area contributed by atoms with E-state index in [4.69, 9.17) is 0 Å². The highest BCUT2D eigenvalue weighted by atomic mass is 16.3. The Morgan fingerprint density at radius 2 is 1.78 bits per heavy atom. The van der Waals surface area contributed by atoms with Crippen molar-refractivity contribution >= 4 is 0 Å². The predicted octanol–water partition coefficient (Wildman–Crippen LogP) is 5.99. The molecule has 2 saturated carbocycles. The van der Waals surface area contributed by atoms with Crippen LogP contribution in [-0.4, -0.2) is 5.11 Å². The van der Waals surface area contributed by atoms with Gasteiger partial charge in [-0.25, -0.2) is 0 Å². The molecule has 0 aliphatic heterocycles. The first-order chi connectivity index (χ1) is 10.8. The Morgan fingerprint density at radius 3 is 2.48 bits per heavy atom. The second-order valence-corrected chi connectivity index (χ2v) is 9.22. The van der Waals surface area contributed by atoms with Crippen molar-refractivity contribution in [3.05, 3.63) is 35.9 Å². The molecular weight excluding hydrogens is 280 g/mol. The van der Waals surface area contributed by atoms with E-state index in [0.717, 1.165) is 23.8 Å². The first-order valence-electron chi connectivity index (χ1n) is 9.57. The Morgan fingerprint density at radius 1 is 1.09 bits per heavy atom. The summed E-state index contributed by atoms with van der Waals surface area (Å²) in [4.78, 5) is 0. The molecule has 0 bridgehead atoms. The van der Waals surface area contributed by atoms with Gasteiger partial charge in [-0.15, -0.1) is 0 Å². The van der Waals surface area contributed by atoms with Crippen LogP contribution in [0.25, 0.3) is 0 Å². The number of aliphatic hydroxyl groups is 1. The lowest BCUT2D eigenvalue weighted by molar-refractivity contribution is -0.106. The van der Waals surface area contributed by atoms with Crippen LogP contribution in [0.4, 0.5) is 0 Å².